The number of fused-ring (bicyclic) bond motifs is 1. The molecule has 0 aromatic heterocycles. The predicted molar refractivity (Wildman–Crippen MR) is 125 cm³/mol. The summed E-state index contributed by atoms with van der Waals surface area (Å²) in [4.78, 5) is 12.3. The zero-order valence-corrected chi connectivity index (χ0v) is 17.0. The highest BCUT2D eigenvalue weighted by molar-refractivity contribution is 8.00. The van der Waals surface area contributed by atoms with E-state index >= 15 is 0 Å². The minimum Gasteiger partial charge on any atom is -0.355 e. The molecule has 1 unspecified atom stereocenters. The summed E-state index contributed by atoms with van der Waals surface area (Å²) < 4.78 is 0. The molecule has 3 aromatic rings. The molecule has 4 rings (SSSR count). The van der Waals surface area contributed by atoms with Gasteiger partial charge in [0.2, 0.25) is 5.91 Å². The number of benzene rings is 3. The van der Waals surface area contributed by atoms with Crippen molar-refractivity contribution in [2.24, 2.45) is 0 Å². The average molecular weight is 402 g/mol. The zero-order valence-electron chi connectivity index (χ0n) is 16.2. The molecule has 1 amide bonds. The first kappa shape index (κ1) is 19.2. The molecule has 1 heterocycles. The van der Waals surface area contributed by atoms with E-state index in [1.54, 1.807) is 0 Å². The van der Waals surface area contributed by atoms with Gasteiger partial charge in [-0.3, -0.25) is 4.79 Å². The number of rotatable bonds is 6. The Kier molecular flexibility index (Phi) is 5.86. The number of amides is 1. The number of nitrogens with one attached hydrogen (secondary N) is 3. The standard InChI is InChI=1S/C24H23N3OS/c1-17-7-14-21-22(15-17)27-24(26-21)29-16-23(28)25-20-12-10-19(11-13-20)9-8-18-5-3-2-4-6-18/h2-15,24,26-27H,16H2,1H3,(H,25,28). The van der Waals surface area contributed by atoms with Crippen molar-refractivity contribution >= 4 is 46.9 Å². The lowest BCUT2D eigenvalue weighted by molar-refractivity contribution is -0.113. The Labute approximate surface area is 175 Å². The van der Waals surface area contributed by atoms with Crippen LogP contribution in [0.15, 0.2) is 72.8 Å². The molecular formula is C24H23N3OS. The van der Waals surface area contributed by atoms with Crippen LogP contribution in [0.25, 0.3) is 12.2 Å². The number of carbonyl (C=O) groups is 1. The lowest BCUT2D eigenvalue weighted by Gasteiger charge is -2.12. The van der Waals surface area contributed by atoms with E-state index in [1.807, 2.05) is 42.5 Å². The summed E-state index contributed by atoms with van der Waals surface area (Å²) in [5.74, 6) is 0.353. The van der Waals surface area contributed by atoms with Crippen molar-refractivity contribution in [2.45, 2.75) is 12.4 Å². The van der Waals surface area contributed by atoms with Crippen molar-refractivity contribution in [1.82, 2.24) is 0 Å². The summed E-state index contributed by atoms with van der Waals surface area (Å²) in [6, 6.07) is 24.3. The highest BCUT2D eigenvalue weighted by Gasteiger charge is 2.20. The maximum Gasteiger partial charge on any atom is 0.234 e. The van der Waals surface area contributed by atoms with Crippen molar-refractivity contribution in [3.05, 3.63) is 89.5 Å². The van der Waals surface area contributed by atoms with Gasteiger partial charge in [-0.1, -0.05) is 60.7 Å². The fourth-order valence-electron chi connectivity index (χ4n) is 3.10. The highest BCUT2D eigenvalue weighted by atomic mass is 32.2. The van der Waals surface area contributed by atoms with Crippen LogP contribution in [0.3, 0.4) is 0 Å². The lowest BCUT2D eigenvalue weighted by Crippen LogP contribution is -2.22. The quantitative estimate of drug-likeness (QED) is 0.467. The molecule has 0 spiro atoms. The Morgan fingerprint density at radius 3 is 2.38 bits per heavy atom. The molecule has 0 fully saturated rings. The van der Waals surface area contributed by atoms with E-state index in [4.69, 9.17) is 0 Å². The van der Waals surface area contributed by atoms with Crippen molar-refractivity contribution < 1.29 is 4.79 Å². The normalized spacial score (nSPS) is 14.9. The molecule has 1 aliphatic rings. The molecule has 1 aliphatic heterocycles. The molecule has 0 saturated carbocycles. The summed E-state index contributed by atoms with van der Waals surface area (Å²) in [7, 11) is 0. The molecule has 5 heteroatoms. The van der Waals surface area contributed by atoms with Gasteiger partial charge < -0.3 is 16.0 Å². The summed E-state index contributed by atoms with van der Waals surface area (Å²) in [5, 5.41) is 9.73. The molecule has 29 heavy (non-hydrogen) atoms. The van der Waals surface area contributed by atoms with Gasteiger partial charge in [0, 0.05) is 5.69 Å². The third kappa shape index (κ3) is 5.21. The Bertz CT molecular complexity index is 1020. The summed E-state index contributed by atoms with van der Waals surface area (Å²) in [6.45, 7) is 2.07. The van der Waals surface area contributed by atoms with Crippen LogP contribution < -0.4 is 16.0 Å². The first-order valence-electron chi connectivity index (χ1n) is 9.54. The Balaban J connectivity index is 1.25. The van der Waals surface area contributed by atoms with Gasteiger partial charge in [-0.05, 0) is 47.9 Å². The molecule has 1 atom stereocenters. The van der Waals surface area contributed by atoms with E-state index in [9.17, 15) is 4.79 Å². The molecule has 0 radical (unpaired) electrons. The molecule has 4 nitrogen and oxygen atoms in total. The SMILES string of the molecule is Cc1ccc2c(c1)NC(SCC(=O)Nc1ccc(C=Cc3ccccc3)cc1)N2. The number of thioether (sulfide) groups is 1. The molecule has 3 aromatic carbocycles. The van der Waals surface area contributed by atoms with E-state index in [-0.39, 0.29) is 11.4 Å². The van der Waals surface area contributed by atoms with Crippen LogP contribution in [0, 0.1) is 6.92 Å². The van der Waals surface area contributed by atoms with E-state index < -0.39 is 0 Å². The summed E-state index contributed by atoms with van der Waals surface area (Å²) in [5.41, 5.74) is 6.43. The molecule has 146 valence electrons. The predicted octanol–water partition coefficient (Wildman–Crippen LogP) is 5.66. The number of anilines is 3. The maximum absolute atomic E-state index is 12.3. The van der Waals surface area contributed by atoms with Crippen LogP contribution in [-0.4, -0.2) is 17.2 Å². The van der Waals surface area contributed by atoms with Crippen molar-refractivity contribution in [2.75, 3.05) is 21.7 Å². The van der Waals surface area contributed by atoms with Crippen LogP contribution in [0.4, 0.5) is 17.1 Å². The topological polar surface area (TPSA) is 53.2 Å². The average Bonchev–Trinajstić information content (AvgIpc) is 3.14. The Morgan fingerprint density at radius 2 is 1.62 bits per heavy atom. The fraction of sp³-hybridized carbons (Fsp3) is 0.125. The summed E-state index contributed by atoms with van der Waals surface area (Å²) in [6.07, 6.45) is 4.14. The second kappa shape index (κ2) is 8.88. The largest absolute Gasteiger partial charge is 0.355 e. The van der Waals surface area contributed by atoms with E-state index in [0.29, 0.717) is 5.75 Å². The molecule has 0 saturated heterocycles. The van der Waals surface area contributed by atoms with Crippen LogP contribution in [-0.2, 0) is 4.79 Å². The molecular weight excluding hydrogens is 378 g/mol. The van der Waals surface area contributed by atoms with E-state index in [2.05, 4.69) is 65.4 Å². The summed E-state index contributed by atoms with van der Waals surface area (Å²) >= 11 is 1.54. The monoisotopic (exact) mass is 401 g/mol. The molecule has 0 bridgehead atoms. The lowest BCUT2D eigenvalue weighted by atomic mass is 10.1. The minimum absolute atomic E-state index is 0.00282. The van der Waals surface area contributed by atoms with E-state index in [1.165, 1.54) is 17.3 Å². The smallest absolute Gasteiger partial charge is 0.234 e. The van der Waals surface area contributed by atoms with Gasteiger partial charge in [0.05, 0.1) is 17.1 Å². The first-order valence-corrected chi connectivity index (χ1v) is 10.6. The third-order valence-corrected chi connectivity index (χ3v) is 5.59. The van der Waals surface area contributed by atoms with E-state index in [0.717, 1.165) is 28.2 Å². The number of hydrogen-bond acceptors (Lipinski definition) is 4. The second-order valence-corrected chi connectivity index (χ2v) is 8.04. The fourth-order valence-corrected chi connectivity index (χ4v) is 3.91. The Hall–Kier alpha value is -3.18. The van der Waals surface area contributed by atoms with Gasteiger partial charge in [0.15, 0.2) is 0 Å². The van der Waals surface area contributed by atoms with Gasteiger partial charge in [-0.2, -0.15) is 0 Å². The van der Waals surface area contributed by atoms with Gasteiger partial charge in [-0.25, -0.2) is 0 Å². The zero-order chi connectivity index (χ0) is 20.1. The number of carbonyl (C=O) groups excluding carboxylic acids is 1. The van der Waals surface area contributed by atoms with Crippen molar-refractivity contribution in [3.63, 3.8) is 0 Å². The maximum atomic E-state index is 12.3. The first-order chi connectivity index (χ1) is 14.2. The van der Waals surface area contributed by atoms with Gasteiger partial charge in [-0.15, -0.1) is 11.8 Å². The highest BCUT2D eigenvalue weighted by Crippen LogP contribution is 2.33. The van der Waals surface area contributed by atoms with Gasteiger partial charge >= 0.3 is 0 Å². The van der Waals surface area contributed by atoms with Crippen LogP contribution in [0.5, 0.6) is 0 Å². The van der Waals surface area contributed by atoms with Gasteiger partial charge in [0.1, 0.15) is 5.50 Å². The van der Waals surface area contributed by atoms with Crippen molar-refractivity contribution in [3.8, 4) is 0 Å². The second-order valence-electron chi connectivity index (χ2n) is 6.94. The number of hydrogen-bond donors (Lipinski definition) is 3. The Morgan fingerprint density at radius 1 is 0.931 bits per heavy atom. The van der Waals surface area contributed by atoms with Gasteiger partial charge in [0.25, 0.3) is 0 Å². The molecule has 3 N–H and O–H groups in total. The van der Waals surface area contributed by atoms with Crippen LogP contribution >= 0.6 is 11.8 Å². The minimum atomic E-state index is -0.0154. The van der Waals surface area contributed by atoms with Crippen molar-refractivity contribution in [1.29, 1.82) is 0 Å². The van der Waals surface area contributed by atoms with Crippen LogP contribution in [0.1, 0.15) is 16.7 Å². The number of aryl methyl sites for hydroxylation is 1. The molecule has 0 aliphatic carbocycles. The van der Waals surface area contributed by atoms with Crippen LogP contribution in [0.2, 0.25) is 0 Å². The third-order valence-electron chi connectivity index (χ3n) is 4.59.